The van der Waals surface area contributed by atoms with Gasteiger partial charge in [-0.2, -0.15) is 0 Å². The van der Waals surface area contributed by atoms with Crippen molar-refractivity contribution < 1.29 is 9.53 Å². The van der Waals surface area contributed by atoms with E-state index in [-0.39, 0.29) is 12.0 Å². The first-order chi connectivity index (χ1) is 9.25. The molecule has 3 nitrogen and oxygen atoms in total. The van der Waals surface area contributed by atoms with Crippen LogP contribution in [0.3, 0.4) is 0 Å². The number of nitrogens with one attached hydrogen (secondary N) is 1. The molecule has 0 spiro atoms. The van der Waals surface area contributed by atoms with E-state index in [2.05, 4.69) is 5.32 Å². The van der Waals surface area contributed by atoms with E-state index in [1.807, 2.05) is 48.5 Å². The van der Waals surface area contributed by atoms with Crippen molar-refractivity contribution in [3.05, 3.63) is 65.2 Å². The topological polar surface area (TPSA) is 41.6 Å². The fourth-order valence-electron chi connectivity index (χ4n) is 1.99. The Morgan fingerprint density at radius 1 is 1.05 bits per heavy atom. The first kappa shape index (κ1) is 12.2. The molecular formula is C15H12ClNO2. The van der Waals surface area contributed by atoms with Gasteiger partial charge in [0.25, 0.3) is 5.91 Å². The molecule has 2 aromatic rings. The lowest BCUT2D eigenvalue weighted by molar-refractivity contribution is -0.117. The summed E-state index contributed by atoms with van der Waals surface area (Å²) in [5.41, 5.74) is 1.62. The van der Waals surface area contributed by atoms with Gasteiger partial charge in [0, 0.05) is 16.3 Å². The summed E-state index contributed by atoms with van der Waals surface area (Å²) in [5, 5.41) is 3.44. The van der Waals surface area contributed by atoms with Crippen molar-refractivity contribution in [3.8, 4) is 0 Å². The monoisotopic (exact) mass is 273 g/mol. The van der Waals surface area contributed by atoms with Crippen molar-refractivity contribution >= 4 is 23.2 Å². The number of hydrogen-bond acceptors (Lipinski definition) is 2. The van der Waals surface area contributed by atoms with Crippen LogP contribution in [0.2, 0.25) is 5.02 Å². The van der Waals surface area contributed by atoms with Gasteiger partial charge in [-0.15, -0.1) is 0 Å². The number of amides is 1. The molecule has 0 unspecified atom stereocenters. The molecule has 0 radical (unpaired) electrons. The maximum Gasteiger partial charge on any atom is 0.256 e. The number of carbonyl (C=O) groups excluding carboxylic acids is 1. The van der Waals surface area contributed by atoms with Crippen molar-refractivity contribution in [3.63, 3.8) is 0 Å². The number of hydrogen-bond donors (Lipinski definition) is 1. The van der Waals surface area contributed by atoms with Crippen LogP contribution < -0.4 is 5.32 Å². The third-order valence-corrected chi connectivity index (χ3v) is 3.35. The smallest absolute Gasteiger partial charge is 0.256 e. The van der Waals surface area contributed by atoms with Crippen LogP contribution in [0.5, 0.6) is 0 Å². The van der Waals surface area contributed by atoms with Gasteiger partial charge in [0.1, 0.15) is 6.10 Å². The lowest BCUT2D eigenvalue weighted by atomic mass is 10.1. The molecule has 0 bridgehead atoms. The van der Waals surface area contributed by atoms with Crippen LogP contribution in [0.4, 0.5) is 5.69 Å². The Kier molecular flexibility index (Phi) is 3.23. The molecule has 0 aromatic heterocycles. The van der Waals surface area contributed by atoms with Gasteiger partial charge in [-0.25, -0.2) is 0 Å². The quantitative estimate of drug-likeness (QED) is 0.871. The Bertz CT molecular complexity index is 600. The second kappa shape index (κ2) is 5.03. The number of carbonyl (C=O) groups is 1. The summed E-state index contributed by atoms with van der Waals surface area (Å²) in [6.45, 7) is 0. The van der Waals surface area contributed by atoms with Gasteiger partial charge in [0.05, 0.1) is 0 Å². The van der Waals surface area contributed by atoms with Gasteiger partial charge < -0.3 is 10.1 Å². The molecule has 4 heteroatoms. The van der Waals surface area contributed by atoms with Crippen LogP contribution in [0.25, 0.3) is 0 Å². The summed E-state index contributed by atoms with van der Waals surface area (Å²) < 4.78 is 5.42. The van der Waals surface area contributed by atoms with Gasteiger partial charge in [-0.3, -0.25) is 4.79 Å². The molecule has 1 N–H and O–H groups in total. The third-order valence-electron chi connectivity index (χ3n) is 3.00. The average Bonchev–Trinajstić information content (AvgIpc) is 3.21. The van der Waals surface area contributed by atoms with Gasteiger partial charge in [-0.1, -0.05) is 48.0 Å². The van der Waals surface area contributed by atoms with Crippen molar-refractivity contribution in [1.29, 1.82) is 0 Å². The number of ether oxygens (including phenoxy) is 1. The van der Waals surface area contributed by atoms with Crippen LogP contribution in [0.1, 0.15) is 11.7 Å². The molecule has 0 saturated carbocycles. The average molecular weight is 274 g/mol. The lowest BCUT2D eigenvalue weighted by Crippen LogP contribution is -2.18. The fraction of sp³-hybridized carbons (Fsp3) is 0.133. The van der Waals surface area contributed by atoms with E-state index in [1.54, 1.807) is 6.07 Å². The van der Waals surface area contributed by atoms with Crippen molar-refractivity contribution in [2.24, 2.45) is 0 Å². The van der Waals surface area contributed by atoms with Crippen molar-refractivity contribution in [1.82, 2.24) is 0 Å². The van der Waals surface area contributed by atoms with Gasteiger partial charge in [0.15, 0.2) is 6.10 Å². The molecule has 3 rings (SSSR count). The van der Waals surface area contributed by atoms with Crippen molar-refractivity contribution in [2.45, 2.75) is 12.2 Å². The summed E-state index contributed by atoms with van der Waals surface area (Å²) in [6.07, 6.45) is -0.697. The number of halogens is 1. The molecule has 96 valence electrons. The second-order valence-electron chi connectivity index (χ2n) is 4.35. The fourth-order valence-corrected chi connectivity index (χ4v) is 2.23. The normalized spacial score (nSPS) is 20.9. The SMILES string of the molecule is O=C(Nc1ccccc1)[C@@H]1O[C@@H]1c1ccccc1Cl. The number of rotatable bonds is 3. The van der Waals surface area contributed by atoms with Gasteiger partial charge >= 0.3 is 0 Å². The van der Waals surface area contributed by atoms with E-state index in [4.69, 9.17) is 16.3 Å². The zero-order valence-electron chi connectivity index (χ0n) is 10.0. The molecule has 1 aliphatic rings. The standard InChI is InChI=1S/C15H12ClNO2/c16-12-9-5-4-8-11(12)13-14(19-13)15(18)17-10-6-2-1-3-7-10/h1-9,13-14H,(H,17,18)/t13-,14-/m1/s1. The number of epoxide rings is 1. The Hall–Kier alpha value is -1.84. The summed E-state index contributed by atoms with van der Waals surface area (Å²) in [5.74, 6) is -0.142. The Morgan fingerprint density at radius 2 is 1.74 bits per heavy atom. The summed E-state index contributed by atoms with van der Waals surface area (Å²) >= 11 is 6.08. The predicted octanol–water partition coefficient (Wildman–Crippen LogP) is 3.42. The molecule has 1 fully saturated rings. The molecule has 1 heterocycles. The highest BCUT2D eigenvalue weighted by Gasteiger charge is 2.46. The van der Waals surface area contributed by atoms with E-state index in [1.165, 1.54) is 0 Å². The third kappa shape index (κ3) is 2.62. The van der Waals surface area contributed by atoms with Crippen LogP contribution in [-0.2, 0) is 9.53 Å². The molecular weight excluding hydrogens is 262 g/mol. The largest absolute Gasteiger partial charge is 0.354 e. The Morgan fingerprint density at radius 3 is 2.47 bits per heavy atom. The number of anilines is 1. The number of para-hydroxylation sites is 1. The molecule has 19 heavy (non-hydrogen) atoms. The minimum absolute atomic E-state index is 0.142. The Balaban J connectivity index is 1.67. The second-order valence-corrected chi connectivity index (χ2v) is 4.76. The first-order valence-corrected chi connectivity index (χ1v) is 6.39. The molecule has 2 atom stereocenters. The summed E-state index contributed by atoms with van der Waals surface area (Å²) in [4.78, 5) is 12.0. The highest BCUT2D eigenvalue weighted by molar-refractivity contribution is 6.31. The van der Waals surface area contributed by atoms with E-state index in [9.17, 15) is 4.79 Å². The predicted molar refractivity (Wildman–Crippen MR) is 74.1 cm³/mol. The van der Waals surface area contributed by atoms with Crippen LogP contribution >= 0.6 is 11.6 Å². The van der Waals surface area contributed by atoms with Crippen LogP contribution in [0.15, 0.2) is 54.6 Å². The van der Waals surface area contributed by atoms with Gasteiger partial charge in [0.2, 0.25) is 0 Å². The van der Waals surface area contributed by atoms with Crippen molar-refractivity contribution in [2.75, 3.05) is 5.32 Å². The highest BCUT2D eigenvalue weighted by Crippen LogP contribution is 2.42. The first-order valence-electron chi connectivity index (χ1n) is 6.01. The van der Waals surface area contributed by atoms with E-state index in [0.717, 1.165) is 11.3 Å². The lowest BCUT2D eigenvalue weighted by Gasteiger charge is -2.02. The molecule has 0 aliphatic carbocycles. The molecule has 1 aliphatic heterocycles. The maximum atomic E-state index is 12.0. The molecule has 1 saturated heterocycles. The van der Waals surface area contributed by atoms with Gasteiger partial charge in [-0.05, 0) is 18.2 Å². The maximum absolute atomic E-state index is 12.0. The Labute approximate surface area is 116 Å². The van der Waals surface area contributed by atoms with Crippen LogP contribution in [0, 0.1) is 0 Å². The van der Waals surface area contributed by atoms with E-state index < -0.39 is 6.10 Å². The minimum Gasteiger partial charge on any atom is -0.354 e. The summed E-state index contributed by atoms with van der Waals surface area (Å²) in [7, 11) is 0. The zero-order valence-corrected chi connectivity index (χ0v) is 10.8. The zero-order chi connectivity index (χ0) is 13.2. The molecule has 1 amide bonds. The highest BCUT2D eigenvalue weighted by atomic mass is 35.5. The van der Waals surface area contributed by atoms with Crippen LogP contribution in [-0.4, -0.2) is 12.0 Å². The molecule has 2 aromatic carbocycles. The summed E-state index contributed by atoms with van der Waals surface area (Å²) in [6, 6.07) is 16.7. The minimum atomic E-state index is -0.458. The van der Waals surface area contributed by atoms with E-state index >= 15 is 0 Å². The van der Waals surface area contributed by atoms with E-state index in [0.29, 0.717) is 5.02 Å². The number of benzene rings is 2.